The molecule has 9 heteroatoms. The molecule has 2 heterocycles. The molecule has 2 atom stereocenters. The Kier molecular flexibility index (Phi) is 5.95. The zero-order chi connectivity index (χ0) is 21.4. The molecule has 6 nitrogen and oxygen atoms in total. The number of halogens is 2. The summed E-state index contributed by atoms with van der Waals surface area (Å²) in [5.41, 5.74) is 4.09. The van der Waals surface area contributed by atoms with E-state index in [1.165, 1.54) is 22.0 Å². The van der Waals surface area contributed by atoms with E-state index in [9.17, 15) is 9.59 Å². The summed E-state index contributed by atoms with van der Waals surface area (Å²) in [7, 11) is 0. The fraction of sp³-hybridized carbons (Fsp3) is 0.333. The molecular formula is C21H20Cl2N4O2S. The summed E-state index contributed by atoms with van der Waals surface area (Å²) >= 11 is 13.5. The molecule has 2 aromatic heterocycles. The lowest BCUT2D eigenvalue weighted by Crippen LogP contribution is -2.34. The Morgan fingerprint density at radius 2 is 2.20 bits per heavy atom. The van der Waals surface area contributed by atoms with Crippen molar-refractivity contribution in [1.82, 2.24) is 15.0 Å². The molecule has 30 heavy (non-hydrogen) atoms. The second-order valence-electron chi connectivity index (χ2n) is 7.57. The third-order valence-corrected chi connectivity index (χ3v) is 7.27. The highest BCUT2D eigenvalue weighted by Gasteiger charge is 2.25. The highest BCUT2D eigenvalue weighted by atomic mass is 35.5. The maximum atomic E-state index is 13.1. The zero-order valence-corrected chi connectivity index (χ0v) is 18.8. The van der Waals surface area contributed by atoms with Crippen molar-refractivity contribution in [2.75, 3.05) is 0 Å². The minimum Gasteiger partial charge on any atom is -0.286 e. The molecule has 0 aliphatic heterocycles. The topological polar surface area (TPSA) is 76.3 Å². The molecule has 1 N–H and O–H groups in total. The summed E-state index contributed by atoms with van der Waals surface area (Å²) in [6.45, 7) is 3.88. The van der Waals surface area contributed by atoms with Gasteiger partial charge < -0.3 is 0 Å². The SMILES string of the molecule is C[C@H]1CCc2c(sc3ncn([C@H](C)C(=O)N/N=C\c4ccc(Cl)c(Cl)c4)c(=O)c23)C1. The van der Waals surface area contributed by atoms with Crippen LogP contribution in [-0.2, 0) is 17.6 Å². The molecule has 156 valence electrons. The number of carbonyl (C=O) groups is 1. The van der Waals surface area contributed by atoms with E-state index in [-0.39, 0.29) is 5.56 Å². The number of amides is 1. The Balaban J connectivity index is 1.55. The number of benzene rings is 1. The number of aryl methyl sites for hydroxylation is 1. The van der Waals surface area contributed by atoms with Crippen LogP contribution in [0.4, 0.5) is 0 Å². The molecule has 1 amide bonds. The van der Waals surface area contributed by atoms with Gasteiger partial charge in [0.2, 0.25) is 0 Å². The van der Waals surface area contributed by atoms with Gasteiger partial charge in [0, 0.05) is 4.88 Å². The molecule has 0 bridgehead atoms. The average Bonchev–Trinajstić information content (AvgIpc) is 3.08. The number of thiophene rings is 1. The Bertz CT molecular complexity index is 1220. The molecule has 0 radical (unpaired) electrons. The maximum Gasteiger partial charge on any atom is 0.263 e. The first-order valence-corrected chi connectivity index (χ1v) is 11.2. The normalized spacial score (nSPS) is 17.3. The van der Waals surface area contributed by atoms with Gasteiger partial charge in [-0.1, -0.05) is 36.2 Å². The van der Waals surface area contributed by atoms with Crippen LogP contribution in [0.1, 0.15) is 42.3 Å². The zero-order valence-electron chi connectivity index (χ0n) is 16.5. The van der Waals surface area contributed by atoms with Gasteiger partial charge in [-0.2, -0.15) is 5.10 Å². The van der Waals surface area contributed by atoms with Gasteiger partial charge in [0.25, 0.3) is 11.5 Å². The summed E-state index contributed by atoms with van der Waals surface area (Å²) in [6, 6.07) is 4.28. The number of rotatable bonds is 4. The quantitative estimate of drug-likeness (QED) is 0.454. The van der Waals surface area contributed by atoms with Gasteiger partial charge >= 0.3 is 0 Å². The first-order chi connectivity index (χ1) is 14.3. The second-order valence-corrected chi connectivity index (χ2v) is 9.47. The van der Waals surface area contributed by atoms with Crippen LogP contribution in [0.3, 0.4) is 0 Å². The predicted octanol–water partition coefficient (Wildman–Crippen LogP) is 4.60. The van der Waals surface area contributed by atoms with Gasteiger partial charge in [0.1, 0.15) is 10.9 Å². The lowest BCUT2D eigenvalue weighted by atomic mass is 9.89. The second kappa shape index (κ2) is 8.49. The standard InChI is InChI=1S/C21H20Cl2N4O2S/c1-11-3-5-14-17(7-11)30-20-18(14)21(29)27(10-24-20)12(2)19(28)26-25-9-13-4-6-15(22)16(23)8-13/h4,6,8-12H,3,5,7H2,1-2H3,(H,26,28)/b25-9-/t11-,12+/m0/s1. The smallest absolute Gasteiger partial charge is 0.263 e. The molecule has 1 aliphatic carbocycles. The summed E-state index contributed by atoms with van der Waals surface area (Å²) in [5.74, 6) is 0.207. The number of fused-ring (bicyclic) bond motifs is 3. The molecule has 0 saturated carbocycles. The van der Waals surface area contributed by atoms with E-state index in [2.05, 4.69) is 22.4 Å². The summed E-state index contributed by atoms with van der Waals surface area (Å²) < 4.78 is 1.37. The summed E-state index contributed by atoms with van der Waals surface area (Å²) in [5, 5.41) is 5.46. The van der Waals surface area contributed by atoms with Crippen molar-refractivity contribution in [3.8, 4) is 0 Å². The van der Waals surface area contributed by atoms with E-state index in [0.29, 0.717) is 26.9 Å². The van der Waals surface area contributed by atoms with Crippen LogP contribution in [0.5, 0.6) is 0 Å². The van der Waals surface area contributed by atoms with E-state index in [0.717, 1.165) is 29.7 Å². The van der Waals surface area contributed by atoms with Crippen LogP contribution in [0.2, 0.25) is 10.0 Å². The number of nitrogens with zero attached hydrogens (tertiary/aromatic N) is 3. The van der Waals surface area contributed by atoms with Crippen LogP contribution in [0.15, 0.2) is 34.4 Å². The molecular weight excluding hydrogens is 443 g/mol. The van der Waals surface area contributed by atoms with E-state index in [1.807, 2.05) is 0 Å². The minimum atomic E-state index is -0.751. The monoisotopic (exact) mass is 462 g/mol. The minimum absolute atomic E-state index is 0.178. The number of hydrazone groups is 1. The number of carbonyl (C=O) groups excluding carboxylic acids is 1. The molecule has 4 rings (SSSR count). The third-order valence-electron chi connectivity index (χ3n) is 5.37. The first-order valence-electron chi connectivity index (χ1n) is 9.64. The van der Waals surface area contributed by atoms with Crippen LogP contribution in [0.25, 0.3) is 10.2 Å². The largest absolute Gasteiger partial charge is 0.286 e. The molecule has 0 unspecified atom stereocenters. The van der Waals surface area contributed by atoms with Crippen LogP contribution < -0.4 is 11.0 Å². The van der Waals surface area contributed by atoms with Crippen molar-refractivity contribution in [1.29, 1.82) is 0 Å². The van der Waals surface area contributed by atoms with Crippen LogP contribution in [-0.4, -0.2) is 21.7 Å². The highest BCUT2D eigenvalue weighted by molar-refractivity contribution is 7.18. The molecule has 1 aliphatic rings. The average molecular weight is 463 g/mol. The molecule has 1 aromatic carbocycles. The Hall–Kier alpha value is -2.22. The number of nitrogens with one attached hydrogen (secondary N) is 1. The van der Waals surface area contributed by atoms with Crippen molar-refractivity contribution in [3.05, 3.63) is 60.9 Å². The summed E-state index contributed by atoms with van der Waals surface area (Å²) in [6.07, 6.45) is 5.84. The van der Waals surface area contributed by atoms with Gasteiger partial charge in [-0.25, -0.2) is 10.4 Å². The number of hydrogen-bond donors (Lipinski definition) is 1. The first kappa shape index (κ1) is 21.0. The van der Waals surface area contributed by atoms with Gasteiger partial charge in [-0.05, 0) is 55.4 Å². The Labute approximate surface area is 187 Å². The molecule has 0 spiro atoms. The third kappa shape index (κ3) is 4.02. The van der Waals surface area contributed by atoms with Crippen LogP contribution >= 0.6 is 34.5 Å². The highest BCUT2D eigenvalue weighted by Crippen LogP contribution is 2.35. The fourth-order valence-electron chi connectivity index (χ4n) is 3.60. The van der Waals surface area contributed by atoms with E-state index in [4.69, 9.17) is 23.2 Å². The summed E-state index contributed by atoms with van der Waals surface area (Å²) in [4.78, 5) is 32.1. The van der Waals surface area contributed by atoms with Gasteiger partial charge in [0.15, 0.2) is 0 Å². The number of hydrogen-bond acceptors (Lipinski definition) is 5. The Morgan fingerprint density at radius 3 is 2.97 bits per heavy atom. The number of aromatic nitrogens is 2. The Morgan fingerprint density at radius 1 is 1.40 bits per heavy atom. The molecule has 3 aromatic rings. The van der Waals surface area contributed by atoms with Gasteiger partial charge in [-0.15, -0.1) is 11.3 Å². The van der Waals surface area contributed by atoms with Gasteiger partial charge in [-0.3, -0.25) is 14.2 Å². The maximum absolute atomic E-state index is 13.1. The van der Waals surface area contributed by atoms with Gasteiger partial charge in [0.05, 0.1) is 28.0 Å². The van der Waals surface area contributed by atoms with Crippen molar-refractivity contribution < 1.29 is 4.79 Å². The lowest BCUT2D eigenvalue weighted by Gasteiger charge is -2.18. The molecule has 0 fully saturated rings. The van der Waals surface area contributed by atoms with Crippen molar-refractivity contribution in [3.63, 3.8) is 0 Å². The van der Waals surface area contributed by atoms with Crippen molar-refractivity contribution >= 4 is 56.9 Å². The lowest BCUT2D eigenvalue weighted by molar-refractivity contribution is -0.123. The molecule has 0 saturated heterocycles. The van der Waals surface area contributed by atoms with Crippen molar-refractivity contribution in [2.24, 2.45) is 11.0 Å². The van der Waals surface area contributed by atoms with E-state index in [1.54, 1.807) is 36.5 Å². The van der Waals surface area contributed by atoms with Crippen molar-refractivity contribution in [2.45, 2.75) is 39.2 Å². The fourth-order valence-corrected chi connectivity index (χ4v) is 5.25. The predicted molar refractivity (Wildman–Crippen MR) is 122 cm³/mol. The van der Waals surface area contributed by atoms with Crippen LogP contribution in [0, 0.1) is 5.92 Å². The van der Waals surface area contributed by atoms with E-state index >= 15 is 0 Å². The van der Waals surface area contributed by atoms with E-state index < -0.39 is 11.9 Å².